The smallest absolute Gasteiger partial charge is 0.408 e. The monoisotopic (exact) mass is 350 g/mol. The van der Waals surface area contributed by atoms with Crippen LogP contribution in [0.15, 0.2) is 24.3 Å². The quantitative estimate of drug-likeness (QED) is 0.352. The van der Waals surface area contributed by atoms with Crippen LogP contribution >= 0.6 is 8.60 Å². The molecule has 0 aliphatic carbocycles. The Labute approximate surface area is 126 Å². The third kappa shape index (κ3) is 2.57. The second kappa shape index (κ2) is 5.66. The van der Waals surface area contributed by atoms with E-state index >= 15 is 0 Å². The van der Waals surface area contributed by atoms with Crippen LogP contribution in [-0.4, -0.2) is 5.97 Å². The first-order valence-corrected chi connectivity index (χ1v) is 6.98. The van der Waals surface area contributed by atoms with Gasteiger partial charge < -0.3 is 13.6 Å². The maximum Gasteiger partial charge on any atom is 0.533 e. The molecule has 0 saturated heterocycles. The van der Waals surface area contributed by atoms with E-state index in [-0.39, 0.29) is 11.3 Å². The lowest BCUT2D eigenvalue weighted by Gasteiger charge is -2.22. The van der Waals surface area contributed by atoms with E-state index in [1.807, 2.05) is 0 Å². The molecule has 120 valence electrons. The number of carbonyl (C=O) groups is 1. The maximum atomic E-state index is 13.5. The van der Waals surface area contributed by atoms with Crippen molar-refractivity contribution in [2.45, 2.75) is 0 Å². The van der Waals surface area contributed by atoms with Gasteiger partial charge in [-0.2, -0.15) is 8.78 Å². The highest BCUT2D eigenvalue weighted by Crippen LogP contribution is 2.48. The van der Waals surface area contributed by atoms with Gasteiger partial charge in [0.2, 0.25) is 34.8 Å². The van der Waals surface area contributed by atoms with Crippen LogP contribution in [0.3, 0.4) is 0 Å². The van der Waals surface area contributed by atoms with E-state index in [4.69, 9.17) is 4.52 Å². The Morgan fingerprint density at radius 2 is 1.39 bits per heavy atom. The van der Waals surface area contributed by atoms with E-state index in [1.54, 1.807) is 0 Å². The molecule has 2 aromatic rings. The lowest BCUT2D eigenvalue weighted by Crippen LogP contribution is -2.15. The second-order valence-electron chi connectivity index (χ2n) is 4.18. The summed E-state index contributed by atoms with van der Waals surface area (Å²) in [4.78, 5) is 11.7. The molecule has 4 nitrogen and oxygen atoms in total. The van der Waals surface area contributed by atoms with Gasteiger partial charge in [-0.25, -0.2) is 18.0 Å². The molecular weight excluding hydrogens is 346 g/mol. The molecule has 0 saturated carbocycles. The number of rotatable bonds is 2. The molecule has 0 spiro atoms. The minimum atomic E-state index is -2.73. The van der Waals surface area contributed by atoms with E-state index < -0.39 is 49.4 Å². The fraction of sp³-hybridized carbons (Fsp3) is 0. The van der Waals surface area contributed by atoms with Crippen molar-refractivity contribution in [3.05, 3.63) is 58.9 Å². The third-order valence-electron chi connectivity index (χ3n) is 2.77. The molecule has 10 heteroatoms. The molecule has 1 unspecified atom stereocenters. The molecule has 3 rings (SSSR count). The van der Waals surface area contributed by atoms with Gasteiger partial charge >= 0.3 is 14.6 Å². The van der Waals surface area contributed by atoms with Gasteiger partial charge in [0, 0.05) is 0 Å². The van der Waals surface area contributed by atoms with Crippen molar-refractivity contribution in [3.63, 3.8) is 0 Å². The highest BCUT2D eigenvalue weighted by Gasteiger charge is 2.36. The number of para-hydroxylation sites is 1. The maximum absolute atomic E-state index is 13.5. The zero-order valence-corrected chi connectivity index (χ0v) is 11.7. The zero-order chi connectivity index (χ0) is 16.7. The number of carbonyl (C=O) groups excluding carboxylic acids is 1. The summed E-state index contributed by atoms with van der Waals surface area (Å²) in [6.07, 6.45) is 0. The Kier molecular flexibility index (Phi) is 3.81. The van der Waals surface area contributed by atoms with Crippen molar-refractivity contribution < 1.29 is 40.3 Å². The predicted octanol–water partition coefficient (Wildman–Crippen LogP) is 4.24. The highest BCUT2D eigenvalue weighted by molar-refractivity contribution is 7.43. The first kappa shape index (κ1) is 15.5. The summed E-state index contributed by atoms with van der Waals surface area (Å²) >= 11 is 0. The van der Waals surface area contributed by atoms with E-state index in [0.29, 0.717) is 0 Å². The number of benzene rings is 2. The van der Waals surface area contributed by atoms with Crippen molar-refractivity contribution in [3.8, 4) is 11.5 Å². The van der Waals surface area contributed by atoms with Crippen LogP contribution in [0.2, 0.25) is 0 Å². The fourth-order valence-corrected chi connectivity index (χ4v) is 2.68. The van der Waals surface area contributed by atoms with E-state index in [2.05, 4.69) is 9.05 Å². The van der Waals surface area contributed by atoms with Gasteiger partial charge in [-0.3, -0.25) is 0 Å². The number of halogens is 5. The minimum Gasteiger partial charge on any atom is -0.408 e. The van der Waals surface area contributed by atoms with E-state index in [1.165, 1.54) is 24.3 Å². The summed E-state index contributed by atoms with van der Waals surface area (Å²) in [6, 6.07) is 5.74. The lowest BCUT2D eigenvalue weighted by molar-refractivity contribution is 0.0695. The summed E-state index contributed by atoms with van der Waals surface area (Å²) in [7, 11) is -2.73. The Balaban J connectivity index is 1.94. The first-order chi connectivity index (χ1) is 10.9. The van der Waals surface area contributed by atoms with Crippen LogP contribution < -0.4 is 9.05 Å². The summed E-state index contributed by atoms with van der Waals surface area (Å²) in [5.41, 5.74) is 0.0345. The predicted molar refractivity (Wildman–Crippen MR) is 66.3 cm³/mol. The number of hydrogen-bond donors (Lipinski definition) is 0. The Bertz CT molecular complexity index is 784. The number of hydrogen-bond acceptors (Lipinski definition) is 4. The second-order valence-corrected chi connectivity index (χ2v) is 5.18. The fourth-order valence-electron chi connectivity index (χ4n) is 1.71. The standard InChI is InChI=1S/C13H4F5O4P/c14-7-8(15)10(17)12(11(18)9(7)16)21-23-20-6-4-2-1-3-5(6)13(19)22-23/h1-4H. The SMILES string of the molecule is O=C1OP(Oc2c(F)c(F)c(F)c(F)c2F)Oc2ccccc21. The Morgan fingerprint density at radius 3 is 2.04 bits per heavy atom. The molecule has 0 amide bonds. The molecule has 0 bridgehead atoms. The summed E-state index contributed by atoms with van der Waals surface area (Å²) in [6.45, 7) is 0. The zero-order valence-electron chi connectivity index (χ0n) is 10.8. The van der Waals surface area contributed by atoms with Crippen LogP contribution in [0.5, 0.6) is 11.5 Å². The molecule has 1 aliphatic heterocycles. The molecule has 2 aromatic carbocycles. The molecule has 23 heavy (non-hydrogen) atoms. The average molecular weight is 350 g/mol. The Hall–Kier alpha value is -2.41. The Morgan fingerprint density at radius 1 is 0.826 bits per heavy atom. The molecule has 0 N–H and O–H groups in total. The minimum absolute atomic E-state index is 0.00117. The molecule has 0 aromatic heterocycles. The van der Waals surface area contributed by atoms with Gasteiger partial charge in [0.25, 0.3) is 0 Å². The topological polar surface area (TPSA) is 44.8 Å². The molecule has 0 radical (unpaired) electrons. The molecule has 0 fully saturated rings. The van der Waals surface area contributed by atoms with Gasteiger partial charge in [0.1, 0.15) is 11.3 Å². The van der Waals surface area contributed by atoms with Crippen LogP contribution in [0.25, 0.3) is 0 Å². The van der Waals surface area contributed by atoms with Crippen LogP contribution in [-0.2, 0) is 4.52 Å². The first-order valence-electron chi connectivity index (χ1n) is 5.89. The molecule has 1 atom stereocenters. The lowest BCUT2D eigenvalue weighted by atomic mass is 10.2. The molecular formula is C13H4F5O4P. The molecule has 1 aliphatic rings. The summed E-state index contributed by atoms with van der Waals surface area (Å²) < 4.78 is 80.4. The van der Waals surface area contributed by atoms with Crippen LogP contribution in [0.4, 0.5) is 22.0 Å². The van der Waals surface area contributed by atoms with E-state index in [9.17, 15) is 26.7 Å². The molecule has 1 heterocycles. The number of fused-ring (bicyclic) bond motifs is 1. The highest BCUT2D eigenvalue weighted by atomic mass is 31.2. The van der Waals surface area contributed by atoms with Crippen molar-refractivity contribution in [1.29, 1.82) is 0 Å². The largest absolute Gasteiger partial charge is 0.533 e. The summed E-state index contributed by atoms with van der Waals surface area (Å²) in [5, 5.41) is 0. The van der Waals surface area contributed by atoms with Gasteiger partial charge in [0.05, 0.1) is 0 Å². The van der Waals surface area contributed by atoms with Crippen molar-refractivity contribution in [2.75, 3.05) is 0 Å². The van der Waals surface area contributed by atoms with Gasteiger partial charge in [-0.15, -0.1) is 0 Å². The van der Waals surface area contributed by atoms with Crippen molar-refractivity contribution >= 4 is 14.6 Å². The van der Waals surface area contributed by atoms with Gasteiger partial charge in [-0.05, 0) is 12.1 Å². The van der Waals surface area contributed by atoms with E-state index in [0.717, 1.165) is 0 Å². The van der Waals surface area contributed by atoms with Crippen molar-refractivity contribution in [1.82, 2.24) is 0 Å². The van der Waals surface area contributed by atoms with Crippen LogP contribution in [0.1, 0.15) is 10.4 Å². The van der Waals surface area contributed by atoms with Gasteiger partial charge in [0.15, 0.2) is 0 Å². The third-order valence-corrected chi connectivity index (χ3v) is 3.76. The normalized spacial score (nSPS) is 16.4. The van der Waals surface area contributed by atoms with Crippen LogP contribution in [0, 0.1) is 29.1 Å². The summed E-state index contributed by atoms with van der Waals surface area (Å²) in [5.74, 6) is -13.6. The average Bonchev–Trinajstić information content (AvgIpc) is 2.55. The van der Waals surface area contributed by atoms with Crippen molar-refractivity contribution in [2.24, 2.45) is 0 Å². The van der Waals surface area contributed by atoms with Gasteiger partial charge in [-0.1, -0.05) is 12.1 Å².